The number of H-pyrrole nitrogens is 1. The fraction of sp³-hybridized carbons (Fsp3) is 0.541. The van der Waals surface area contributed by atoms with Crippen molar-refractivity contribution >= 4 is 34.4 Å². The van der Waals surface area contributed by atoms with Gasteiger partial charge >= 0.3 is 12.4 Å². The second kappa shape index (κ2) is 13.2. The third-order valence-electron chi connectivity index (χ3n) is 10.0. The molecular weight excluding hydrogens is 686 g/mol. The Labute approximate surface area is 297 Å². The lowest BCUT2D eigenvalue weighted by atomic mass is 9.81. The number of carbonyl (C=O) groups excluding carboxylic acids is 1. The van der Waals surface area contributed by atoms with Crippen LogP contribution in [0.5, 0.6) is 0 Å². The summed E-state index contributed by atoms with van der Waals surface area (Å²) in [4.78, 5) is 32.2. The third-order valence-corrected chi connectivity index (χ3v) is 10.0. The minimum atomic E-state index is -5.01. The van der Waals surface area contributed by atoms with E-state index in [-0.39, 0.29) is 36.6 Å². The average Bonchev–Trinajstić information content (AvgIpc) is 3.99. The molecular formula is C37H42F6N8O. The first-order valence-electron chi connectivity index (χ1n) is 17.7. The SMILES string of the molecule is Cc1[nH]nc2nc(N(CC3CC3)CC3CC3)c(CN(Cc3cc(C(F)(F)F)cc(C(F)(F)F)c3)c3ncc(N4CCCC4=O)cn3)c(C(C)(C)C)c12. The summed E-state index contributed by atoms with van der Waals surface area (Å²) in [5.74, 6) is 1.74. The molecule has 2 saturated carbocycles. The first kappa shape index (κ1) is 36.0. The first-order chi connectivity index (χ1) is 24.5. The maximum atomic E-state index is 14.0. The van der Waals surface area contributed by atoms with Crippen molar-refractivity contribution in [2.75, 3.05) is 34.3 Å². The molecule has 3 fully saturated rings. The van der Waals surface area contributed by atoms with Crippen LogP contribution in [0.25, 0.3) is 11.0 Å². The Morgan fingerprint density at radius 2 is 1.46 bits per heavy atom. The number of alkyl halides is 6. The zero-order valence-corrected chi connectivity index (χ0v) is 29.6. The fourth-order valence-electron chi connectivity index (χ4n) is 7.20. The van der Waals surface area contributed by atoms with Gasteiger partial charge in [-0.25, -0.2) is 15.0 Å². The van der Waals surface area contributed by atoms with Gasteiger partial charge in [-0.05, 0) is 85.6 Å². The van der Waals surface area contributed by atoms with E-state index < -0.39 is 28.9 Å². The number of aromatic amines is 1. The number of rotatable bonds is 11. The molecule has 4 aromatic rings. The van der Waals surface area contributed by atoms with Gasteiger partial charge in [0.15, 0.2) is 5.65 Å². The summed E-state index contributed by atoms with van der Waals surface area (Å²) < 4.78 is 84.0. The quantitative estimate of drug-likeness (QED) is 0.155. The molecule has 15 heteroatoms. The highest BCUT2D eigenvalue weighted by Crippen LogP contribution is 2.43. The van der Waals surface area contributed by atoms with Crippen LogP contribution >= 0.6 is 0 Å². The van der Waals surface area contributed by atoms with Crippen LogP contribution in [0.2, 0.25) is 0 Å². The van der Waals surface area contributed by atoms with E-state index in [0.717, 1.165) is 73.1 Å². The van der Waals surface area contributed by atoms with Crippen molar-refractivity contribution in [2.24, 2.45) is 11.8 Å². The number of nitrogens with zero attached hydrogens (tertiary/aromatic N) is 7. The van der Waals surface area contributed by atoms with Gasteiger partial charge in [-0.2, -0.15) is 31.4 Å². The molecule has 4 heterocycles. The summed E-state index contributed by atoms with van der Waals surface area (Å²) in [7, 11) is 0. The standard InChI is InChI=1S/C37H42F6N8O/c1-21-30-31(35(2,3)4)28(33(46-32(30)48-47-21)49(17-22-7-8-22)18-23-9-10-23)20-50(34-44-15-27(16-45-34)51-11-5-6-29(51)52)19-24-12-25(36(38,39)40)14-26(13-24)37(41,42)43/h12-16,22-23H,5-11,17-20H2,1-4H3,(H,46,47,48). The summed E-state index contributed by atoms with van der Waals surface area (Å²) in [6.07, 6.45) is -1.55. The number of nitrogens with one attached hydrogen (secondary N) is 1. The molecule has 9 nitrogen and oxygen atoms in total. The largest absolute Gasteiger partial charge is 0.416 e. The zero-order valence-electron chi connectivity index (χ0n) is 29.6. The maximum Gasteiger partial charge on any atom is 0.416 e. The van der Waals surface area contributed by atoms with E-state index in [1.165, 1.54) is 12.4 Å². The van der Waals surface area contributed by atoms with Gasteiger partial charge in [0.1, 0.15) is 5.82 Å². The van der Waals surface area contributed by atoms with E-state index in [1.54, 1.807) is 9.80 Å². The smallest absolute Gasteiger partial charge is 0.356 e. The molecule has 1 aliphatic heterocycles. The van der Waals surface area contributed by atoms with Gasteiger partial charge < -0.3 is 14.7 Å². The zero-order chi connectivity index (χ0) is 37.2. The van der Waals surface area contributed by atoms with Crippen molar-refractivity contribution < 1.29 is 31.1 Å². The van der Waals surface area contributed by atoms with E-state index in [0.29, 0.717) is 48.4 Å². The lowest BCUT2D eigenvalue weighted by molar-refractivity contribution is -0.143. The van der Waals surface area contributed by atoms with E-state index in [9.17, 15) is 31.1 Å². The van der Waals surface area contributed by atoms with Crippen molar-refractivity contribution in [1.82, 2.24) is 25.1 Å². The Morgan fingerprint density at radius 3 is 1.96 bits per heavy atom. The number of pyridine rings is 1. The molecule has 7 rings (SSSR count). The van der Waals surface area contributed by atoms with Crippen molar-refractivity contribution in [1.29, 1.82) is 0 Å². The summed E-state index contributed by atoms with van der Waals surface area (Å²) in [6, 6.07) is 1.63. The number of fused-ring (bicyclic) bond motifs is 1. The van der Waals surface area contributed by atoms with E-state index in [2.05, 4.69) is 45.8 Å². The predicted octanol–water partition coefficient (Wildman–Crippen LogP) is 8.35. The van der Waals surface area contributed by atoms with Crippen LogP contribution < -0.4 is 14.7 Å². The summed E-state index contributed by atoms with van der Waals surface area (Å²) in [5, 5.41) is 8.45. The number of aromatic nitrogens is 5. The molecule has 0 radical (unpaired) electrons. The summed E-state index contributed by atoms with van der Waals surface area (Å²) >= 11 is 0. The second-order valence-electron chi connectivity index (χ2n) is 15.5. The number of hydrogen-bond acceptors (Lipinski definition) is 7. The highest BCUT2D eigenvalue weighted by Gasteiger charge is 2.38. The minimum absolute atomic E-state index is 0.0287. The van der Waals surface area contributed by atoms with Gasteiger partial charge in [0, 0.05) is 49.2 Å². The van der Waals surface area contributed by atoms with E-state index in [4.69, 9.17) is 4.98 Å². The molecule has 2 aliphatic carbocycles. The van der Waals surface area contributed by atoms with Crippen LogP contribution in [0, 0.1) is 18.8 Å². The van der Waals surface area contributed by atoms with Crippen molar-refractivity contribution in [3.63, 3.8) is 0 Å². The van der Waals surface area contributed by atoms with Crippen LogP contribution in [0.3, 0.4) is 0 Å². The Kier molecular flexibility index (Phi) is 9.13. The Hall–Kier alpha value is -4.43. The number of halogens is 6. The van der Waals surface area contributed by atoms with Crippen LogP contribution in [0.15, 0.2) is 30.6 Å². The van der Waals surface area contributed by atoms with Gasteiger partial charge in [-0.1, -0.05) is 20.8 Å². The molecule has 1 N–H and O–H groups in total. The molecule has 0 spiro atoms. The third kappa shape index (κ3) is 7.68. The van der Waals surface area contributed by atoms with Crippen molar-refractivity contribution in [3.8, 4) is 0 Å². The van der Waals surface area contributed by atoms with Crippen LogP contribution in [-0.4, -0.2) is 50.7 Å². The molecule has 0 atom stereocenters. The van der Waals surface area contributed by atoms with Crippen molar-refractivity contribution in [2.45, 2.75) is 97.1 Å². The molecule has 1 aromatic carbocycles. The fourth-order valence-corrected chi connectivity index (χ4v) is 7.20. The van der Waals surface area contributed by atoms with Gasteiger partial charge in [-0.3, -0.25) is 9.89 Å². The van der Waals surface area contributed by atoms with Gasteiger partial charge in [0.05, 0.1) is 35.8 Å². The maximum absolute atomic E-state index is 14.0. The molecule has 1 saturated heterocycles. The molecule has 52 heavy (non-hydrogen) atoms. The predicted molar refractivity (Wildman–Crippen MR) is 185 cm³/mol. The van der Waals surface area contributed by atoms with Crippen LogP contribution in [0.4, 0.5) is 43.8 Å². The normalized spacial score (nSPS) is 17.0. The molecule has 3 aliphatic rings. The number of anilines is 3. The molecule has 0 bridgehead atoms. The van der Waals surface area contributed by atoms with Crippen molar-refractivity contribution in [3.05, 3.63) is 64.1 Å². The molecule has 3 aromatic heterocycles. The number of benzene rings is 1. The van der Waals surface area contributed by atoms with Crippen LogP contribution in [0.1, 0.15) is 92.8 Å². The number of aryl methyl sites for hydroxylation is 1. The number of amides is 1. The molecule has 1 amide bonds. The highest BCUT2D eigenvalue weighted by atomic mass is 19.4. The Morgan fingerprint density at radius 1 is 0.865 bits per heavy atom. The van der Waals surface area contributed by atoms with E-state index >= 15 is 0 Å². The highest BCUT2D eigenvalue weighted by molar-refractivity contribution is 5.95. The number of hydrogen-bond donors (Lipinski definition) is 1. The second-order valence-corrected chi connectivity index (χ2v) is 15.5. The van der Waals surface area contributed by atoms with Gasteiger partial charge in [0.25, 0.3) is 0 Å². The van der Waals surface area contributed by atoms with E-state index in [1.807, 2.05) is 6.92 Å². The topological polar surface area (TPSA) is 94.1 Å². The molecule has 278 valence electrons. The lowest BCUT2D eigenvalue weighted by Crippen LogP contribution is -2.34. The summed E-state index contributed by atoms with van der Waals surface area (Å²) in [5.41, 5.74) is 0.0675. The minimum Gasteiger partial charge on any atom is -0.356 e. The lowest BCUT2D eigenvalue weighted by Gasteiger charge is -2.34. The van der Waals surface area contributed by atoms with Gasteiger partial charge in [0.2, 0.25) is 11.9 Å². The van der Waals surface area contributed by atoms with Crippen LogP contribution in [-0.2, 0) is 35.7 Å². The number of carbonyl (C=O) groups is 1. The average molecular weight is 729 g/mol. The summed E-state index contributed by atoms with van der Waals surface area (Å²) in [6.45, 7) is 9.84. The molecule has 0 unspecified atom stereocenters. The van der Waals surface area contributed by atoms with Gasteiger partial charge in [-0.15, -0.1) is 0 Å². The first-order valence-corrected chi connectivity index (χ1v) is 17.7. The Bertz CT molecular complexity index is 1910. The monoisotopic (exact) mass is 728 g/mol. The Balaban J connectivity index is 1.40.